The standard InChI is InChI=1S/C28H38ClN3O4S2/c1-18-26(20-14-15-22(29)23(17-20)38(2)35)37-28(31-18)32-24(33)13-8-16-30-25(19-9-4-3-5-10-19)27(34)36-21-11-6-7-12-21/h14-15,17,19,21,25,30H,3-13,16H2,1-2H3,(H,31,32,33)/t25-,38?/m0/s1. The Morgan fingerprint density at radius 2 is 1.87 bits per heavy atom. The molecular formula is C28H38ClN3O4S2. The fourth-order valence-electron chi connectivity index (χ4n) is 5.42. The summed E-state index contributed by atoms with van der Waals surface area (Å²) < 4.78 is 17.8. The van der Waals surface area contributed by atoms with E-state index in [-0.39, 0.29) is 24.0 Å². The van der Waals surface area contributed by atoms with Gasteiger partial charge in [0.1, 0.15) is 12.1 Å². The highest BCUT2D eigenvalue weighted by molar-refractivity contribution is 7.84. The second-order valence-electron chi connectivity index (χ2n) is 10.4. The number of carbonyl (C=O) groups excluding carboxylic acids is 2. The lowest BCUT2D eigenvalue weighted by Gasteiger charge is -2.30. The predicted octanol–water partition coefficient (Wildman–Crippen LogP) is 6.25. The molecule has 1 amide bonds. The molecule has 7 nitrogen and oxygen atoms in total. The fourth-order valence-corrected chi connectivity index (χ4v) is 7.48. The zero-order valence-electron chi connectivity index (χ0n) is 22.2. The Morgan fingerprint density at radius 1 is 1.16 bits per heavy atom. The van der Waals surface area contributed by atoms with Crippen LogP contribution in [0.5, 0.6) is 0 Å². The first-order valence-electron chi connectivity index (χ1n) is 13.7. The topological polar surface area (TPSA) is 97.4 Å². The number of anilines is 1. The van der Waals surface area contributed by atoms with Crippen LogP contribution in [0.2, 0.25) is 5.02 Å². The minimum atomic E-state index is -1.20. The molecule has 2 aliphatic carbocycles. The van der Waals surface area contributed by atoms with Gasteiger partial charge in [0.05, 0.1) is 31.3 Å². The second-order valence-corrected chi connectivity index (χ2v) is 13.1. The van der Waals surface area contributed by atoms with Gasteiger partial charge in [-0.1, -0.05) is 48.3 Å². The van der Waals surface area contributed by atoms with Gasteiger partial charge in [0.2, 0.25) is 5.91 Å². The number of aryl methyl sites for hydroxylation is 1. The molecule has 0 radical (unpaired) electrons. The van der Waals surface area contributed by atoms with Crippen molar-refractivity contribution in [2.45, 2.75) is 94.6 Å². The maximum absolute atomic E-state index is 13.0. The number of ether oxygens (including phenoxy) is 1. The Morgan fingerprint density at radius 3 is 2.58 bits per heavy atom. The van der Waals surface area contributed by atoms with Gasteiger partial charge < -0.3 is 15.4 Å². The number of halogens is 1. The molecule has 0 spiro atoms. The van der Waals surface area contributed by atoms with Crippen LogP contribution in [0, 0.1) is 12.8 Å². The van der Waals surface area contributed by atoms with Crippen molar-refractivity contribution in [1.29, 1.82) is 0 Å². The van der Waals surface area contributed by atoms with Crippen molar-refractivity contribution in [3.63, 3.8) is 0 Å². The highest BCUT2D eigenvalue weighted by atomic mass is 35.5. The number of esters is 1. The predicted molar refractivity (Wildman–Crippen MR) is 154 cm³/mol. The minimum absolute atomic E-state index is 0.0661. The number of hydrogen-bond acceptors (Lipinski definition) is 7. The van der Waals surface area contributed by atoms with Crippen LogP contribution < -0.4 is 10.6 Å². The number of thiazole rings is 1. The summed E-state index contributed by atoms with van der Waals surface area (Å²) in [6.45, 7) is 2.47. The third-order valence-corrected chi connectivity index (χ3v) is 9.97. The van der Waals surface area contributed by atoms with E-state index in [9.17, 15) is 13.8 Å². The molecule has 38 heavy (non-hydrogen) atoms. The van der Waals surface area contributed by atoms with Crippen LogP contribution in [0.4, 0.5) is 5.13 Å². The number of benzene rings is 1. The van der Waals surface area contributed by atoms with Crippen molar-refractivity contribution in [2.75, 3.05) is 18.1 Å². The van der Waals surface area contributed by atoms with Gasteiger partial charge in [-0.25, -0.2) is 4.98 Å². The molecule has 10 heteroatoms. The molecule has 2 N–H and O–H groups in total. The Hall–Kier alpha value is -1.81. The minimum Gasteiger partial charge on any atom is -0.461 e. The molecule has 0 bridgehead atoms. The number of rotatable bonds is 11. The molecule has 1 aromatic carbocycles. The molecule has 2 saturated carbocycles. The molecule has 0 aliphatic heterocycles. The lowest BCUT2D eigenvalue weighted by atomic mass is 9.84. The van der Waals surface area contributed by atoms with Crippen LogP contribution >= 0.6 is 22.9 Å². The smallest absolute Gasteiger partial charge is 0.323 e. The second kappa shape index (κ2) is 14.0. The fraction of sp³-hybridized carbons (Fsp3) is 0.607. The van der Waals surface area contributed by atoms with E-state index in [4.69, 9.17) is 16.3 Å². The molecule has 0 saturated heterocycles. The average Bonchev–Trinajstić information content (AvgIpc) is 3.53. The monoisotopic (exact) mass is 579 g/mol. The van der Waals surface area contributed by atoms with E-state index < -0.39 is 10.8 Å². The number of nitrogens with one attached hydrogen (secondary N) is 2. The first kappa shape index (κ1) is 29.2. The molecular weight excluding hydrogens is 542 g/mol. The first-order chi connectivity index (χ1) is 18.3. The summed E-state index contributed by atoms with van der Waals surface area (Å²) in [6, 6.07) is 5.14. The molecule has 2 atom stereocenters. The first-order valence-corrected chi connectivity index (χ1v) is 16.4. The molecule has 208 valence electrons. The zero-order chi connectivity index (χ0) is 27.1. The molecule has 1 aromatic heterocycles. The Bertz CT molecular complexity index is 1140. The number of hydrogen-bond donors (Lipinski definition) is 2. The van der Waals surface area contributed by atoms with Gasteiger partial charge in [-0.3, -0.25) is 13.8 Å². The van der Waals surface area contributed by atoms with Crippen LogP contribution in [0.25, 0.3) is 10.4 Å². The lowest BCUT2D eigenvalue weighted by Crippen LogP contribution is -2.46. The maximum Gasteiger partial charge on any atom is 0.323 e. The number of nitrogens with zero attached hydrogens (tertiary/aromatic N) is 1. The normalized spacial score (nSPS) is 18.3. The molecule has 1 heterocycles. The van der Waals surface area contributed by atoms with Crippen molar-refractivity contribution in [2.24, 2.45) is 5.92 Å². The third kappa shape index (κ3) is 7.87. The summed E-state index contributed by atoms with van der Waals surface area (Å²) in [5, 5.41) is 7.34. The SMILES string of the molecule is Cc1nc(NC(=O)CCCN[C@H](C(=O)OC2CCCC2)C2CCCCC2)sc1-c1ccc(Cl)c(S(C)=O)c1. The third-order valence-electron chi connectivity index (χ3n) is 7.45. The van der Waals surface area contributed by atoms with E-state index in [1.54, 1.807) is 12.3 Å². The highest BCUT2D eigenvalue weighted by Gasteiger charge is 2.32. The van der Waals surface area contributed by atoms with Gasteiger partial charge in [-0.2, -0.15) is 0 Å². The van der Waals surface area contributed by atoms with Crippen LogP contribution in [0.15, 0.2) is 23.1 Å². The summed E-state index contributed by atoms with van der Waals surface area (Å²) in [4.78, 5) is 31.6. The van der Waals surface area contributed by atoms with E-state index >= 15 is 0 Å². The number of carbonyl (C=O) groups is 2. The largest absolute Gasteiger partial charge is 0.461 e. The van der Waals surface area contributed by atoms with Crippen LogP contribution in [0.3, 0.4) is 0 Å². The Kier molecular flexibility index (Phi) is 10.8. The van der Waals surface area contributed by atoms with Crippen LogP contribution in [0.1, 0.15) is 76.3 Å². The lowest BCUT2D eigenvalue weighted by molar-refractivity contribution is -0.153. The maximum atomic E-state index is 13.0. The number of amides is 1. The van der Waals surface area contributed by atoms with Crippen molar-refractivity contribution < 1.29 is 18.5 Å². The summed E-state index contributed by atoms with van der Waals surface area (Å²) in [5.41, 5.74) is 1.66. The van der Waals surface area contributed by atoms with E-state index in [1.807, 2.05) is 19.1 Å². The molecule has 2 fully saturated rings. The summed E-state index contributed by atoms with van der Waals surface area (Å²) >= 11 is 7.57. The van der Waals surface area contributed by atoms with Gasteiger partial charge in [-0.05, 0) is 82.0 Å². The highest BCUT2D eigenvalue weighted by Crippen LogP contribution is 2.35. The van der Waals surface area contributed by atoms with E-state index in [2.05, 4.69) is 15.6 Å². The van der Waals surface area contributed by atoms with E-state index in [0.29, 0.717) is 40.4 Å². The van der Waals surface area contributed by atoms with Crippen LogP contribution in [-0.4, -0.2) is 46.0 Å². The van der Waals surface area contributed by atoms with Crippen molar-refractivity contribution >= 4 is 50.7 Å². The Labute approximate surface area is 236 Å². The molecule has 1 unspecified atom stereocenters. The van der Waals surface area contributed by atoms with Gasteiger partial charge in [-0.15, -0.1) is 0 Å². The quantitative estimate of drug-likeness (QED) is 0.241. The van der Waals surface area contributed by atoms with Gasteiger partial charge in [0.15, 0.2) is 5.13 Å². The summed E-state index contributed by atoms with van der Waals surface area (Å²) in [5.74, 6) is 0.0827. The van der Waals surface area contributed by atoms with Crippen LogP contribution in [-0.2, 0) is 25.1 Å². The van der Waals surface area contributed by atoms with Crippen molar-refractivity contribution in [3.8, 4) is 10.4 Å². The van der Waals surface area contributed by atoms with E-state index in [1.165, 1.54) is 17.8 Å². The number of aromatic nitrogens is 1. The Balaban J connectivity index is 1.29. The van der Waals surface area contributed by atoms with Crippen molar-refractivity contribution in [3.05, 3.63) is 28.9 Å². The van der Waals surface area contributed by atoms with Crippen molar-refractivity contribution in [1.82, 2.24) is 10.3 Å². The molecule has 4 rings (SSSR count). The average molecular weight is 580 g/mol. The molecule has 2 aromatic rings. The summed E-state index contributed by atoms with van der Waals surface area (Å²) in [6.07, 6.45) is 12.5. The summed E-state index contributed by atoms with van der Waals surface area (Å²) in [7, 11) is -1.20. The van der Waals surface area contributed by atoms with Gasteiger partial charge >= 0.3 is 5.97 Å². The molecule has 2 aliphatic rings. The zero-order valence-corrected chi connectivity index (χ0v) is 24.6. The van der Waals surface area contributed by atoms with Gasteiger partial charge in [0.25, 0.3) is 0 Å². The van der Waals surface area contributed by atoms with E-state index in [0.717, 1.165) is 67.5 Å². The van der Waals surface area contributed by atoms with Gasteiger partial charge in [0, 0.05) is 12.7 Å².